The quantitative estimate of drug-likeness (QED) is 0.509. The summed E-state index contributed by atoms with van der Waals surface area (Å²) in [6.07, 6.45) is 0. The Labute approximate surface area is 69.4 Å². The molecule has 0 saturated carbocycles. The van der Waals surface area contributed by atoms with Gasteiger partial charge in [-0.15, -0.1) is 11.3 Å². The zero-order valence-electron chi connectivity index (χ0n) is 6.16. The van der Waals surface area contributed by atoms with Gasteiger partial charge in [-0.05, 0) is 18.4 Å². The van der Waals surface area contributed by atoms with E-state index < -0.39 is 5.54 Å². The molecule has 1 heterocycles. The van der Waals surface area contributed by atoms with Crippen LogP contribution in [-0.2, 0) is 5.54 Å². The van der Waals surface area contributed by atoms with E-state index in [2.05, 4.69) is 11.5 Å². The van der Waals surface area contributed by atoms with Crippen LogP contribution < -0.4 is 11.3 Å². The van der Waals surface area contributed by atoms with Crippen LogP contribution in [0.5, 0.6) is 0 Å². The molecule has 0 radical (unpaired) electrons. The van der Waals surface area contributed by atoms with Gasteiger partial charge in [-0.2, -0.15) is 5.26 Å². The normalized spacial score (nSPS) is 15.4. The molecule has 11 heavy (non-hydrogen) atoms. The number of nitrogens with one attached hydrogen (secondary N) is 1. The van der Waals surface area contributed by atoms with Gasteiger partial charge in [0.1, 0.15) is 0 Å². The van der Waals surface area contributed by atoms with Crippen LogP contribution in [0.1, 0.15) is 11.8 Å². The van der Waals surface area contributed by atoms with Crippen LogP contribution >= 0.6 is 11.3 Å². The molecule has 0 aliphatic heterocycles. The van der Waals surface area contributed by atoms with Crippen molar-refractivity contribution in [1.29, 1.82) is 5.26 Å². The van der Waals surface area contributed by atoms with E-state index in [1.807, 2.05) is 17.5 Å². The standard InChI is InChI=1S/C7H9N3S/c1-7(5-8,10-9)6-3-2-4-11-6/h2-4,10H,9H2,1H3. The summed E-state index contributed by atoms with van der Waals surface area (Å²) in [5.41, 5.74) is 1.74. The Bertz CT molecular complexity index is 262. The van der Waals surface area contributed by atoms with Crippen molar-refractivity contribution in [2.45, 2.75) is 12.5 Å². The Morgan fingerprint density at radius 1 is 1.82 bits per heavy atom. The van der Waals surface area contributed by atoms with Crippen LogP contribution in [0.3, 0.4) is 0 Å². The van der Waals surface area contributed by atoms with Crippen LogP contribution in [0.25, 0.3) is 0 Å². The molecule has 0 aromatic carbocycles. The lowest BCUT2D eigenvalue weighted by Gasteiger charge is -2.17. The molecule has 0 aliphatic rings. The molecule has 3 N–H and O–H groups in total. The minimum atomic E-state index is -0.742. The molecule has 0 amide bonds. The summed E-state index contributed by atoms with van der Waals surface area (Å²) >= 11 is 1.51. The average Bonchev–Trinajstić information content (AvgIpc) is 2.55. The van der Waals surface area contributed by atoms with Crippen molar-refractivity contribution in [3.8, 4) is 6.07 Å². The minimum absolute atomic E-state index is 0.742. The molecule has 0 bridgehead atoms. The Balaban J connectivity index is 2.99. The lowest BCUT2D eigenvalue weighted by molar-refractivity contribution is 0.491. The summed E-state index contributed by atoms with van der Waals surface area (Å²) in [4.78, 5) is 0.933. The van der Waals surface area contributed by atoms with Crippen LogP contribution in [0.4, 0.5) is 0 Å². The van der Waals surface area contributed by atoms with Crippen molar-refractivity contribution in [1.82, 2.24) is 5.43 Å². The molecule has 0 saturated heterocycles. The van der Waals surface area contributed by atoms with Gasteiger partial charge in [-0.25, -0.2) is 5.43 Å². The van der Waals surface area contributed by atoms with E-state index in [-0.39, 0.29) is 0 Å². The maximum absolute atomic E-state index is 8.77. The number of hydrazine groups is 1. The van der Waals surface area contributed by atoms with Gasteiger partial charge in [0.05, 0.1) is 6.07 Å². The fourth-order valence-electron chi connectivity index (χ4n) is 0.722. The summed E-state index contributed by atoms with van der Waals surface area (Å²) in [6, 6.07) is 5.88. The zero-order valence-corrected chi connectivity index (χ0v) is 6.98. The van der Waals surface area contributed by atoms with E-state index in [0.29, 0.717) is 0 Å². The zero-order chi connectivity index (χ0) is 8.32. The van der Waals surface area contributed by atoms with Crippen LogP contribution in [0.15, 0.2) is 17.5 Å². The van der Waals surface area contributed by atoms with Gasteiger partial charge in [-0.1, -0.05) is 6.07 Å². The second-order valence-electron chi connectivity index (χ2n) is 2.36. The molecule has 1 rings (SSSR count). The van der Waals surface area contributed by atoms with Gasteiger partial charge in [0.25, 0.3) is 0 Å². The van der Waals surface area contributed by atoms with Gasteiger partial charge in [0, 0.05) is 4.88 Å². The van der Waals surface area contributed by atoms with Gasteiger partial charge < -0.3 is 0 Å². The van der Waals surface area contributed by atoms with E-state index in [1.54, 1.807) is 6.92 Å². The number of nitrogens with zero attached hydrogens (tertiary/aromatic N) is 1. The van der Waals surface area contributed by atoms with Crippen molar-refractivity contribution in [3.63, 3.8) is 0 Å². The summed E-state index contributed by atoms with van der Waals surface area (Å²) in [7, 11) is 0. The lowest BCUT2D eigenvalue weighted by Crippen LogP contribution is -2.42. The molecule has 3 nitrogen and oxygen atoms in total. The Morgan fingerprint density at radius 2 is 2.55 bits per heavy atom. The van der Waals surface area contributed by atoms with Crippen LogP contribution in [0.2, 0.25) is 0 Å². The molecule has 1 atom stereocenters. The smallest absolute Gasteiger partial charge is 0.150 e. The second kappa shape index (κ2) is 3.01. The maximum Gasteiger partial charge on any atom is 0.150 e. The predicted molar refractivity (Wildman–Crippen MR) is 44.6 cm³/mol. The molecule has 1 aromatic rings. The number of nitriles is 1. The monoisotopic (exact) mass is 167 g/mol. The summed E-state index contributed by atoms with van der Waals surface area (Å²) in [5, 5.41) is 10.7. The molecule has 0 aliphatic carbocycles. The highest BCUT2D eigenvalue weighted by Gasteiger charge is 2.24. The van der Waals surface area contributed by atoms with Gasteiger partial charge >= 0.3 is 0 Å². The number of rotatable bonds is 2. The van der Waals surface area contributed by atoms with Crippen LogP contribution in [0, 0.1) is 11.3 Å². The summed E-state index contributed by atoms with van der Waals surface area (Å²) < 4.78 is 0. The van der Waals surface area contributed by atoms with Crippen molar-refractivity contribution < 1.29 is 0 Å². The third-order valence-corrected chi connectivity index (χ3v) is 2.62. The molecule has 58 valence electrons. The number of thiophene rings is 1. The van der Waals surface area contributed by atoms with E-state index in [1.165, 1.54) is 11.3 Å². The average molecular weight is 167 g/mol. The van der Waals surface area contributed by atoms with Crippen molar-refractivity contribution in [3.05, 3.63) is 22.4 Å². The van der Waals surface area contributed by atoms with Crippen LogP contribution in [-0.4, -0.2) is 0 Å². The highest BCUT2D eigenvalue weighted by Crippen LogP contribution is 2.23. The molecular weight excluding hydrogens is 158 g/mol. The summed E-state index contributed by atoms with van der Waals surface area (Å²) in [6.45, 7) is 1.75. The number of hydrogen-bond acceptors (Lipinski definition) is 4. The maximum atomic E-state index is 8.77. The molecule has 1 unspecified atom stereocenters. The number of hydrogen-bond donors (Lipinski definition) is 2. The molecule has 0 fully saturated rings. The van der Waals surface area contributed by atoms with Gasteiger partial charge in [0.2, 0.25) is 0 Å². The molecule has 0 spiro atoms. The minimum Gasteiger partial charge on any atom is -0.270 e. The molecular formula is C7H9N3S. The van der Waals surface area contributed by atoms with E-state index in [9.17, 15) is 0 Å². The van der Waals surface area contributed by atoms with Gasteiger partial charge in [0.15, 0.2) is 5.54 Å². The van der Waals surface area contributed by atoms with Gasteiger partial charge in [-0.3, -0.25) is 5.84 Å². The van der Waals surface area contributed by atoms with Crippen molar-refractivity contribution in [2.75, 3.05) is 0 Å². The third kappa shape index (κ3) is 1.40. The topological polar surface area (TPSA) is 61.8 Å². The third-order valence-electron chi connectivity index (χ3n) is 1.53. The highest BCUT2D eigenvalue weighted by atomic mass is 32.1. The first-order valence-electron chi connectivity index (χ1n) is 3.16. The molecule has 1 aromatic heterocycles. The first-order chi connectivity index (χ1) is 5.23. The first kappa shape index (κ1) is 8.21. The predicted octanol–water partition coefficient (Wildman–Crippen LogP) is 0.950. The summed E-state index contributed by atoms with van der Waals surface area (Å²) in [5.74, 6) is 5.24. The highest BCUT2D eigenvalue weighted by molar-refractivity contribution is 7.10. The van der Waals surface area contributed by atoms with E-state index in [4.69, 9.17) is 11.1 Å². The fraction of sp³-hybridized carbons (Fsp3) is 0.286. The van der Waals surface area contributed by atoms with E-state index in [0.717, 1.165) is 4.88 Å². The SMILES string of the molecule is CC(C#N)(NN)c1cccs1. The van der Waals surface area contributed by atoms with Crippen molar-refractivity contribution in [2.24, 2.45) is 5.84 Å². The number of nitrogens with two attached hydrogens (primary N) is 1. The first-order valence-corrected chi connectivity index (χ1v) is 4.04. The van der Waals surface area contributed by atoms with Crippen molar-refractivity contribution >= 4 is 11.3 Å². The Hall–Kier alpha value is -0.890. The second-order valence-corrected chi connectivity index (χ2v) is 3.31. The lowest BCUT2D eigenvalue weighted by atomic mass is 10.0. The van der Waals surface area contributed by atoms with E-state index >= 15 is 0 Å². The largest absolute Gasteiger partial charge is 0.270 e. The fourth-order valence-corrected chi connectivity index (χ4v) is 1.52. The molecule has 4 heteroatoms. The Kier molecular flexibility index (Phi) is 2.25. The Morgan fingerprint density at radius 3 is 2.91 bits per heavy atom.